The molecular weight excluding hydrogens is 405 g/mol. The van der Waals surface area contributed by atoms with Gasteiger partial charge in [-0.2, -0.15) is 4.31 Å². The van der Waals surface area contributed by atoms with Crippen LogP contribution in [0.5, 0.6) is 0 Å². The number of rotatable bonds is 4. The van der Waals surface area contributed by atoms with Gasteiger partial charge < -0.3 is 9.80 Å². The molecule has 0 aliphatic carbocycles. The van der Waals surface area contributed by atoms with Crippen molar-refractivity contribution in [3.05, 3.63) is 59.9 Å². The minimum absolute atomic E-state index is 0.123. The zero-order valence-corrected chi connectivity index (χ0v) is 17.8. The normalized spacial score (nSPS) is 20.5. The summed E-state index contributed by atoms with van der Waals surface area (Å²) >= 11 is 0. The zero-order valence-electron chi connectivity index (χ0n) is 17.0. The van der Waals surface area contributed by atoms with Crippen molar-refractivity contribution in [2.24, 2.45) is 0 Å². The Bertz CT molecular complexity index is 1000. The molecule has 0 unspecified atom stereocenters. The minimum Gasteiger partial charge on any atom is -0.368 e. The van der Waals surface area contributed by atoms with Crippen LogP contribution in [0, 0.1) is 12.7 Å². The highest BCUT2D eigenvalue weighted by molar-refractivity contribution is 7.89. The maximum Gasteiger partial charge on any atom is 0.243 e. The lowest BCUT2D eigenvalue weighted by Crippen LogP contribution is -2.54. The molecule has 0 radical (unpaired) electrons. The van der Waals surface area contributed by atoms with Gasteiger partial charge in [-0.3, -0.25) is 4.79 Å². The van der Waals surface area contributed by atoms with Crippen molar-refractivity contribution >= 4 is 21.6 Å². The van der Waals surface area contributed by atoms with E-state index in [1.54, 1.807) is 41.3 Å². The number of carbonyl (C=O) groups excluding carboxylic acids is 1. The summed E-state index contributed by atoms with van der Waals surface area (Å²) in [6, 6.07) is 12.4. The zero-order chi connectivity index (χ0) is 21.3. The first-order valence-corrected chi connectivity index (χ1v) is 11.7. The van der Waals surface area contributed by atoms with E-state index in [9.17, 15) is 17.6 Å². The van der Waals surface area contributed by atoms with Crippen molar-refractivity contribution in [3.8, 4) is 0 Å². The van der Waals surface area contributed by atoms with Crippen LogP contribution >= 0.6 is 0 Å². The maximum absolute atomic E-state index is 13.2. The molecule has 4 rings (SSSR count). The molecule has 160 valence electrons. The fraction of sp³-hybridized carbons (Fsp3) is 0.409. The van der Waals surface area contributed by atoms with Crippen molar-refractivity contribution in [2.45, 2.75) is 30.7 Å². The number of hydrogen-bond acceptors (Lipinski definition) is 4. The molecule has 0 N–H and O–H groups in total. The van der Waals surface area contributed by atoms with Gasteiger partial charge in [0.1, 0.15) is 11.9 Å². The Morgan fingerprint density at radius 3 is 2.20 bits per heavy atom. The van der Waals surface area contributed by atoms with Crippen molar-refractivity contribution in [1.29, 1.82) is 0 Å². The van der Waals surface area contributed by atoms with Gasteiger partial charge in [0.15, 0.2) is 0 Å². The van der Waals surface area contributed by atoms with Crippen molar-refractivity contribution < 1.29 is 17.6 Å². The van der Waals surface area contributed by atoms with Crippen molar-refractivity contribution in [3.63, 3.8) is 0 Å². The number of carbonyl (C=O) groups is 1. The Morgan fingerprint density at radius 1 is 0.933 bits per heavy atom. The Hall–Kier alpha value is -2.45. The molecule has 2 aliphatic heterocycles. The number of piperazine rings is 1. The summed E-state index contributed by atoms with van der Waals surface area (Å²) in [5.74, 6) is -0.398. The molecule has 1 atom stereocenters. The largest absolute Gasteiger partial charge is 0.368 e. The SMILES string of the molecule is Cc1ccc(S(=O)(=O)N2CCC[C@H]2C(=O)N2CCN(c3ccc(F)cc3)CC2)cc1. The molecule has 2 aliphatic rings. The molecule has 6 nitrogen and oxygen atoms in total. The van der Waals surface area contributed by atoms with Crippen LogP contribution in [-0.2, 0) is 14.8 Å². The van der Waals surface area contributed by atoms with Crippen molar-refractivity contribution in [2.75, 3.05) is 37.6 Å². The van der Waals surface area contributed by atoms with Crippen LogP contribution in [0.25, 0.3) is 0 Å². The molecule has 1 amide bonds. The summed E-state index contributed by atoms with van der Waals surface area (Å²) in [5.41, 5.74) is 1.91. The molecule has 2 aromatic rings. The molecule has 2 saturated heterocycles. The first-order chi connectivity index (χ1) is 14.4. The van der Waals surface area contributed by atoms with E-state index in [1.165, 1.54) is 16.4 Å². The summed E-state index contributed by atoms with van der Waals surface area (Å²) in [7, 11) is -3.71. The molecule has 2 aromatic carbocycles. The summed E-state index contributed by atoms with van der Waals surface area (Å²) in [6.07, 6.45) is 1.22. The van der Waals surface area contributed by atoms with E-state index in [2.05, 4.69) is 4.90 Å². The highest BCUT2D eigenvalue weighted by Gasteiger charge is 2.41. The van der Waals surface area contributed by atoms with E-state index in [0.717, 1.165) is 11.3 Å². The Morgan fingerprint density at radius 2 is 1.57 bits per heavy atom. The average Bonchev–Trinajstić information content (AvgIpc) is 3.25. The lowest BCUT2D eigenvalue weighted by molar-refractivity contribution is -0.134. The van der Waals surface area contributed by atoms with Gasteiger partial charge in [0, 0.05) is 38.4 Å². The van der Waals surface area contributed by atoms with Gasteiger partial charge in [0.25, 0.3) is 0 Å². The van der Waals surface area contributed by atoms with Crippen LogP contribution in [0.2, 0.25) is 0 Å². The molecule has 8 heteroatoms. The lowest BCUT2D eigenvalue weighted by atomic mass is 10.1. The summed E-state index contributed by atoms with van der Waals surface area (Å²) in [4.78, 5) is 17.3. The molecule has 2 heterocycles. The number of anilines is 1. The smallest absolute Gasteiger partial charge is 0.243 e. The third-order valence-electron chi connectivity index (χ3n) is 5.90. The van der Waals surface area contributed by atoms with Gasteiger partial charge in [0.05, 0.1) is 4.90 Å². The summed E-state index contributed by atoms with van der Waals surface area (Å²) in [6.45, 7) is 4.58. The third kappa shape index (κ3) is 4.06. The van der Waals surface area contributed by atoms with Gasteiger partial charge in [-0.1, -0.05) is 17.7 Å². The standard InChI is InChI=1S/C22H26FN3O3S/c1-17-4-10-20(11-5-17)30(28,29)26-12-2-3-21(26)22(27)25-15-13-24(14-16-25)19-8-6-18(23)7-9-19/h4-11,21H,2-3,12-16H2,1H3/t21-/m0/s1. The van der Waals surface area contributed by atoms with Crippen LogP contribution in [0.4, 0.5) is 10.1 Å². The number of benzene rings is 2. The number of hydrogen-bond donors (Lipinski definition) is 0. The second-order valence-corrected chi connectivity index (χ2v) is 9.77. The third-order valence-corrected chi connectivity index (χ3v) is 7.82. The van der Waals surface area contributed by atoms with E-state index in [4.69, 9.17) is 0 Å². The van der Waals surface area contributed by atoms with Crippen LogP contribution in [0.15, 0.2) is 53.4 Å². The topological polar surface area (TPSA) is 60.9 Å². The monoisotopic (exact) mass is 431 g/mol. The number of halogens is 1. The molecule has 0 bridgehead atoms. The first-order valence-electron chi connectivity index (χ1n) is 10.2. The lowest BCUT2D eigenvalue weighted by Gasteiger charge is -2.38. The first kappa shape index (κ1) is 20.8. The Kier molecular flexibility index (Phi) is 5.79. The van der Waals surface area contributed by atoms with Crippen LogP contribution in [-0.4, -0.2) is 62.3 Å². The highest BCUT2D eigenvalue weighted by atomic mass is 32.2. The van der Waals surface area contributed by atoms with Crippen LogP contribution in [0.3, 0.4) is 0 Å². The van der Waals surface area contributed by atoms with Gasteiger partial charge in [-0.25, -0.2) is 12.8 Å². The minimum atomic E-state index is -3.71. The van der Waals surface area contributed by atoms with Gasteiger partial charge in [-0.05, 0) is 56.2 Å². The molecule has 0 saturated carbocycles. The van der Waals surface area contributed by atoms with Crippen LogP contribution in [0.1, 0.15) is 18.4 Å². The fourth-order valence-electron chi connectivity index (χ4n) is 4.17. The number of amides is 1. The Balaban J connectivity index is 1.44. The predicted molar refractivity (Wildman–Crippen MR) is 113 cm³/mol. The summed E-state index contributed by atoms with van der Waals surface area (Å²) < 4.78 is 40.8. The van der Waals surface area contributed by atoms with Crippen LogP contribution < -0.4 is 4.90 Å². The predicted octanol–water partition coefficient (Wildman–Crippen LogP) is 2.64. The molecule has 0 spiro atoms. The fourth-order valence-corrected chi connectivity index (χ4v) is 5.82. The van der Waals surface area contributed by atoms with Crippen molar-refractivity contribution in [1.82, 2.24) is 9.21 Å². The van der Waals surface area contributed by atoms with Gasteiger partial charge >= 0.3 is 0 Å². The molecule has 0 aromatic heterocycles. The van der Waals surface area contributed by atoms with E-state index >= 15 is 0 Å². The summed E-state index contributed by atoms with van der Waals surface area (Å²) in [5, 5.41) is 0. The number of sulfonamides is 1. The van der Waals surface area contributed by atoms with E-state index in [0.29, 0.717) is 45.6 Å². The molecule has 2 fully saturated rings. The average molecular weight is 432 g/mol. The maximum atomic E-state index is 13.2. The molecular formula is C22H26FN3O3S. The van der Waals surface area contributed by atoms with Gasteiger partial charge in [0.2, 0.25) is 15.9 Å². The second-order valence-electron chi connectivity index (χ2n) is 7.88. The Labute approximate surface area is 176 Å². The molecule has 30 heavy (non-hydrogen) atoms. The second kappa shape index (κ2) is 8.35. The number of nitrogens with zero attached hydrogens (tertiary/aromatic N) is 3. The van der Waals surface area contributed by atoms with Gasteiger partial charge in [-0.15, -0.1) is 0 Å². The quantitative estimate of drug-likeness (QED) is 0.747. The highest BCUT2D eigenvalue weighted by Crippen LogP contribution is 2.28. The van der Waals surface area contributed by atoms with E-state index in [-0.39, 0.29) is 16.6 Å². The number of aryl methyl sites for hydroxylation is 1. The van der Waals surface area contributed by atoms with E-state index < -0.39 is 16.1 Å². The van der Waals surface area contributed by atoms with E-state index in [1.807, 2.05) is 6.92 Å².